The molecule has 0 aliphatic rings. The summed E-state index contributed by atoms with van der Waals surface area (Å²) in [6, 6.07) is 3.60. The molecule has 1 atom stereocenters. The number of halogens is 1. The third-order valence-electron chi connectivity index (χ3n) is 1.41. The third kappa shape index (κ3) is 1.84. The number of aldehydes is 1. The molecule has 1 aromatic carbocycles. The molecule has 0 aliphatic carbocycles. The van der Waals surface area contributed by atoms with Gasteiger partial charge in [0.2, 0.25) is 0 Å². The standard InChI is InChI=1S/C8H7FO2S/c1-12(11)8-4-7(9)3-2-6(8)5-10/h2-5H,1H3. The monoisotopic (exact) mass is 186 g/mol. The average Bonchev–Trinajstić information content (AvgIpc) is 2.04. The van der Waals surface area contributed by atoms with Crippen LogP contribution in [0.3, 0.4) is 0 Å². The highest BCUT2D eigenvalue weighted by atomic mass is 32.2. The lowest BCUT2D eigenvalue weighted by atomic mass is 10.2. The molecule has 0 fully saturated rings. The molecule has 1 rings (SSSR count). The molecule has 0 bridgehead atoms. The Morgan fingerprint density at radius 1 is 1.58 bits per heavy atom. The second-order valence-electron chi connectivity index (χ2n) is 2.25. The van der Waals surface area contributed by atoms with Crippen molar-refractivity contribution in [3.8, 4) is 0 Å². The fraction of sp³-hybridized carbons (Fsp3) is 0.125. The van der Waals surface area contributed by atoms with Crippen molar-refractivity contribution < 1.29 is 13.7 Å². The topological polar surface area (TPSA) is 40.1 Å². The highest BCUT2D eigenvalue weighted by Gasteiger charge is 2.11. The maximum Gasteiger partial charge on any atom is 0.165 e. The zero-order chi connectivity index (χ0) is 9.14. The summed E-state index contributed by atoms with van der Waals surface area (Å²) in [5.74, 6) is -0.481. The Morgan fingerprint density at radius 3 is 2.75 bits per heavy atom. The van der Waals surface area contributed by atoms with Gasteiger partial charge < -0.3 is 4.55 Å². The maximum atomic E-state index is 12.6. The number of carbonyl (C=O) groups is 1. The third-order valence-corrected chi connectivity index (χ3v) is 2.39. The summed E-state index contributed by atoms with van der Waals surface area (Å²) >= 11 is -1.32. The van der Waals surface area contributed by atoms with E-state index in [2.05, 4.69) is 0 Å². The van der Waals surface area contributed by atoms with E-state index in [4.69, 9.17) is 0 Å². The van der Waals surface area contributed by atoms with Gasteiger partial charge in [0, 0.05) is 6.07 Å². The van der Waals surface area contributed by atoms with E-state index in [0.29, 0.717) is 6.29 Å². The first-order chi connectivity index (χ1) is 5.65. The molecule has 0 saturated carbocycles. The summed E-state index contributed by atoms with van der Waals surface area (Å²) < 4.78 is 23.6. The number of carbonyl (C=O) groups excluding carboxylic acids is 1. The van der Waals surface area contributed by atoms with Gasteiger partial charge in [-0.25, -0.2) is 4.39 Å². The van der Waals surface area contributed by atoms with Crippen LogP contribution in [0.25, 0.3) is 0 Å². The Bertz CT molecular complexity index is 299. The second-order valence-corrected chi connectivity index (χ2v) is 3.60. The zero-order valence-corrected chi connectivity index (χ0v) is 7.23. The molecule has 12 heavy (non-hydrogen) atoms. The summed E-state index contributed by atoms with van der Waals surface area (Å²) in [5.41, 5.74) is 0.275. The Labute approximate surface area is 72.6 Å². The van der Waals surface area contributed by atoms with Gasteiger partial charge in [0.05, 0.1) is 5.56 Å². The lowest BCUT2D eigenvalue weighted by Crippen LogP contribution is -2.02. The van der Waals surface area contributed by atoms with Crippen LogP contribution < -0.4 is 0 Å². The van der Waals surface area contributed by atoms with Crippen molar-refractivity contribution in [2.75, 3.05) is 6.26 Å². The minimum atomic E-state index is -1.32. The largest absolute Gasteiger partial charge is 0.612 e. The van der Waals surface area contributed by atoms with Crippen LogP contribution in [-0.4, -0.2) is 17.1 Å². The quantitative estimate of drug-likeness (QED) is 0.517. The smallest absolute Gasteiger partial charge is 0.165 e. The van der Waals surface area contributed by atoms with Crippen LogP contribution >= 0.6 is 0 Å². The molecule has 0 radical (unpaired) electrons. The number of hydrogen-bond acceptors (Lipinski definition) is 2. The highest BCUT2D eigenvalue weighted by Crippen LogP contribution is 2.15. The Kier molecular flexibility index (Phi) is 2.83. The summed E-state index contributed by atoms with van der Waals surface area (Å²) in [6.45, 7) is 0. The van der Waals surface area contributed by atoms with Crippen molar-refractivity contribution in [2.24, 2.45) is 0 Å². The normalized spacial score (nSPS) is 12.6. The summed E-state index contributed by atoms with van der Waals surface area (Å²) in [7, 11) is 0. The van der Waals surface area contributed by atoms with Gasteiger partial charge in [-0.2, -0.15) is 0 Å². The van der Waals surface area contributed by atoms with Crippen LogP contribution in [0.5, 0.6) is 0 Å². The van der Waals surface area contributed by atoms with Gasteiger partial charge in [0.1, 0.15) is 12.1 Å². The van der Waals surface area contributed by atoms with Crippen molar-refractivity contribution in [2.45, 2.75) is 4.90 Å². The molecule has 0 saturated heterocycles. The van der Waals surface area contributed by atoms with Crippen LogP contribution in [0, 0.1) is 5.82 Å². The van der Waals surface area contributed by atoms with E-state index >= 15 is 0 Å². The molecule has 0 amide bonds. The van der Waals surface area contributed by atoms with Gasteiger partial charge in [0.25, 0.3) is 0 Å². The Balaban J connectivity index is 3.21. The molecule has 1 aromatic rings. The Morgan fingerprint density at radius 2 is 2.25 bits per heavy atom. The molecule has 1 unspecified atom stereocenters. The summed E-state index contributed by atoms with van der Waals surface area (Å²) in [6.07, 6.45) is 1.97. The predicted octanol–water partition coefficient (Wildman–Crippen LogP) is 1.38. The van der Waals surface area contributed by atoms with Crippen molar-refractivity contribution in [1.82, 2.24) is 0 Å². The number of hydrogen-bond donors (Lipinski definition) is 0. The van der Waals surface area contributed by atoms with Gasteiger partial charge in [-0.15, -0.1) is 0 Å². The van der Waals surface area contributed by atoms with Crippen LogP contribution in [0.4, 0.5) is 4.39 Å². The van der Waals surface area contributed by atoms with Gasteiger partial charge >= 0.3 is 0 Å². The molecular formula is C8H7FO2S. The van der Waals surface area contributed by atoms with E-state index in [1.807, 2.05) is 0 Å². The predicted molar refractivity (Wildman–Crippen MR) is 44.1 cm³/mol. The van der Waals surface area contributed by atoms with Gasteiger partial charge in [0.15, 0.2) is 11.2 Å². The molecule has 2 nitrogen and oxygen atoms in total. The molecule has 0 aliphatic heterocycles. The van der Waals surface area contributed by atoms with Crippen LogP contribution in [0.15, 0.2) is 23.1 Å². The highest BCUT2D eigenvalue weighted by molar-refractivity contribution is 7.90. The SMILES string of the molecule is C[S+]([O-])c1cc(F)ccc1C=O. The van der Waals surface area contributed by atoms with E-state index in [1.54, 1.807) is 0 Å². The van der Waals surface area contributed by atoms with Crippen molar-refractivity contribution in [1.29, 1.82) is 0 Å². The fourth-order valence-corrected chi connectivity index (χ4v) is 1.58. The zero-order valence-electron chi connectivity index (χ0n) is 6.41. The average molecular weight is 186 g/mol. The van der Waals surface area contributed by atoms with Crippen molar-refractivity contribution >= 4 is 17.5 Å². The number of benzene rings is 1. The molecule has 4 heteroatoms. The van der Waals surface area contributed by atoms with Crippen LogP contribution in [0.2, 0.25) is 0 Å². The lowest BCUT2D eigenvalue weighted by molar-refractivity contribution is 0.112. The molecule has 64 valence electrons. The molecule has 0 spiro atoms. The van der Waals surface area contributed by atoms with E-state index in [1.165, 1.54) is 18.4 Å². The summed E-state index contributed by atoms with van der Waals surface area (Å²) in [5, 5.41) is 0. The lowest BCUT2D eigenvalue weighted by Gasteiger charge is -2.05. The molecule has 0 N–H and O–H groups in total. The first kappa shape index (κ1) is 9.22. The first-order valence-corrected chi connectivity index (χ1v) is 4.79. The van der Waals surface area contributed by atoms with Gasteiger partial charge in [-0.05, 0) is 23.3 Å². The second kappa shape index (κ2) is 3.69. The van der Waals surface area contributed by atoms with Crippen molar-refractivity contribution in [3.63, 3.8) is 0 Å². The van der Waals surface area contributed by atoms with E-state index in [9.17, 15) is 13.7 Å². The van der Waals surface area contributed by atoms with E-state index < -0.39 is 17.0 Å². The van der Waals surface area contributed by atoms with Crippen LogP contribution in [-0.2, 0) is 11.2 Å². The van der Waals surface area contributed by atoms with E-state index in [0.717, 1.165) is 6.07 Å². The molecular weight excluding hydrogens is 179 g/mol. The maximum absolute atomic E-state index is 12.6. The van der Waals surface area contributed by atoms with Crippen LogP contribution in [0.1, 0.15) is 10.4 Å². The minimum Gasteiger partial charge on any atom is -0.612 e. The number of rotatable bonds is 2. The van der Waals surface area contributed by atoms with Gasteiger partial charge in [-0.1, -0.05) is 0 Å². The fourth-order valence-electron chi connectivity index (χ4n) is 0.855. The summed E-state index contributed by atoms with van der Waals surface area (Å²) in [4.78, 5) is 10.6. The first-order valence-electron chi connectivity index (χ1n) is 3.23. The molecule has 0 aromatic heterocycles. The van der Waals surface area contributed by atoms with Crippen molar-refractivity contribution in [3.05, 3.63) is 29.6 Å². The van der Waals surface area contributed by atoms with E-state index in [-0.39, 0.29) is 10.5 Å². The molecule has 0 heterocycles. The Hall–Kier alpha value is -0.870. The van der Waals surface area contributed by atoms with Gasteiger partial charge in [-0.3, -0.25) is 4.79 Å². The minimum absolute atomic E-state index is 0.241.